The Morgan fingerprint density at radius 1 is 1.39 bits per heavy atom. The van der Waals surface area contributed by atoms with Crippen LogP contribution in [-0.4, -0.2) is 25.2 Å². The number of urea groups is 1. The molecule has 2 rings (SSSR count). The topological polar surface area (TPSA) is 53.2 Å². The number of carbonyl (C=O) groups excluding carboxylic acids is 1. The van der Waals surface area contributed by atoms with Crippen molar-refractivity contribution < 1.29 is 4.79 Å². The third-order valence-electron chi connectivity index (χ3n) is 2.85. The molecule has 0 spiro atoms. The second-order valence-corrected chi connectivity index (χ2v) is 5.07. The van der Waals surface area contributed by atoms with Crippen LogP contribution >= 0.6 is 23.2 Å². The first-order valence-corrected chi connectivity index (χ1v) is 6.64. The van der Waals surface area contributed by atoms with E-state index in [2.05, 4.69) is 16.0 Å². The molecule has 2 amide bonds. The summed E-state index contributed by atoms with van der Waals surface area (Å²) < 4.78 is 0. The lowest BCUT2D eigenvalue weighted by Gasteiger charge is -2.12. The van der Waals surface area contributed by atoms with Crippen molar-refractivity contribution in [1.82, 2.24) is 10.6 Å². The molecule has 1 saturated heterocycles. The Morgan fingerprint density at radius 3 is 2.89 bits per heavy atom. The van der Waals surface area contributed by atoms with Crippen molar-refractivity contribution in [3.63, 3.8) is 0 Å². The van der Waals surface area contributed by atoms with Crippen LogP contribution in [0, 0.1) is 0 Å². The smallest absolute Gasteiger partial charge is 0.319 e. The van der Waals surface area contributed by atoms with Crippen molar-refractivity contribution in [1.29, 1.82) is 0 Å². The normalized spacial score (nSPS) is 18.7. The summed E-state index contributed by atoms with van der Waals surface area (Å²) in [6, 6.07) is 5.13. The molecule has 6 heteroatoms. The number of amides is 2. The number of rotatable bonds is 3. The molecule has 18 heavy (non-hydrogen) atoms. The van der Waals surface area contributed by atoms with Gasteiger partial charge in [-0.3, -0.25) is 0 Å². The standard InChI is InChI=1S/C12H15Cl2N3O/c13-10-4-3-8(6-11(10)14)17-12(18)16-7-9-2-1-5-15-9/h3-4,6,9,15H,1-2,5,7H2,(H2,16,17,18). The fourth-order valence-electron chi connectivity index (χ4n) is 1.90. The average Bonchev–Trinajstić information content (AvgIpc) is 2.84. The second-order valence-electron chi connectivity index (χ2n) is 4.26. The Balaban J connectivity index is 1.80. The lowest BCUT2D eigenvalue weighted by Crippen LogP contribution is -2.39. The predicted octanol–water partition coefficient (Wildman–Crippen LogP) is 2.87. The molecular formula is C12H15Cl2N3O. The molecule has 0 aliphatic carbocycles. The summed E-state index contributed by atoms with van der Waals surface area (Å²) in [7, 11) is 0. The van der Waals surface area contributed by atoms with E-state index in [1.807, 2.05) is 0 Å². The largest absolute Gasteiger partial charge is 0.336 e. The molecule has 4 nitrogen and oxygen atoms in total. The van der Waals surface area contributed by atoms with E-state index < -0.39 is 0 Å². The van der Waals surface area contributed by atoms with Crippen LogP contribution < -0.4 is 16.0 Å². The van der Waals surface area contributed by atoms with Gasteiger partial charge in [-0.25, -0.2) is 4.79 Å². The Morgan fingerprint density at radius 2 is 2.22 bits per heavy atom. The van der Waals surface area contributed by atoms with Gasteiger partial charge in [-0.2, -0.15) is 0 Å². The summed E-state index contributed by atoms with van der Waals surface area (Å²) in [5.74, 6) is 0. The minimum atomic E-state index is -0.234. The fourth-order valence-corrected chi connectivity index (χ4v) is 2.19. The number of carbonyl (C=O) groups is 1. The summed E-state index contributed by atoms with van der Waals surface area (Å²) in [6.45, 7) is 1.66. The fraction of sp³-hybridized carbons (Fsp3) is 0.417. The quantitative estimate of drug-likeness (QED) is 0.801. The molecule has 3 N–H and O–H groups in total. The van der Waals surface area contributed by atoms with E-state index in [0.29, 0.717) is 28.3 Å². The van der Waals surface area contributed by atoms with Crippen molar-refractivity contribution in [3.8, 4) is 0 Å². The Hall–Kier alpha value is -0.970. The molecule has 1 unspecified atom stereocenters. The molecule has 1 heterocycles. The van der Waals surface area contributed by atoms with Crippen LogP contribution in [0.25, 0.3) is 0 Å². The SMILES string of the molecule is O=C(NCC1CCCN1)Nc1ccc(Cl)c(Cl)c1. The van der Waals surface area contributed by atoms with E-state index in [-0.39, 0.29) is 6.03 Å². The third-order valence-corrected chi connectivity index (χ3v) is 3.59. The van der Waals surface area contributed by atoms with Gasteiger partial charge in [0.15, 0.2) is 0 Å². The maximum atomic E-state index is 11.6. The molecular weight excluding hydrogens is 273 g/mol. The molecule has 1 aliphatic rings. The molecule has 1 aromatic carbocycles. The Bertz CT molecular complexity index is 433. The van der Waals surface area contributed by atoms with Gasteiger partial charge in [0.2, 0.25) is 0 Å². The van der Waals surface area contributed by atoms with Gasteiger partial charge >= 0.3 is 6.03 Å². The van der Waals surface area contributed by atoms with Crippen molar-refractivity contribution in [3.05, 3.63) is 28.2 Å². The maximum Gasteiger partial charge on any atom is 0.319 e. The van der Waals surface area contributed by atoms with Gasteiger partial charge in [-0.15, -0.1) is 0 Å². The van der Waals surface area contributed by atoms with E-state index >= 15 is 0 Å². The molecule has 0 saturated carbocycles. The van der Waals surface area contributed by atoms with Crippen LogP contribution in [0.3, 0.4) is 0 Å². The van der Waals surface area contributed by atoms with Crippen molar-refractivity contribution in [2.45, 2.75) is 18.9 Å². The number of hydrogen-bond donors (Lipinski definition) is 3. The minimum absolute atomic E-state index is 0.234. The third kappa shape index (κ3) is 3.77. The van der Waals surface area contributed by atoms with Crippen molar-refractivity contribution in [2.75, 3.05) is 18.4 Å². The Labute approximate surface area is 116 Å². The van der Waals surface area contributed by atoms with Gasteiger partial charge in [-0.1, -0.05) is 23.2 Å². The molecule has 1 atom stereocenters. The van der Waals surface area contributed by atoms with Crippen LogP contribution in [-0.2, 0) is 0 Å². The summed E-state index contributed by atoms with van der Waals surface area (Å²) >= 11 is 11.7. The summed E-state index contributed by atoms with van der Waals surface area (Å²) in [5, 5.41) is 9.74. The van der Waals surface area contributed by atoms with E-state index in [1.165, 1.54) is 6.42 Å². The van der Waals surface area contributed by atoms with Crippen LogP contribution in [0.15, 0.2) is 18.2 Å². The van der Waals surface area contributed by atoms with Crippen LogP contribution in [0.5, 0.6) is 0 Å². The van der Waals surface area contributed by atoms with Gasteiger partial charge in [0.25, 0.3) is 0 Å². The van der Waals surface area contributed by atoms with E-state index in [9.17, 15) is 4.79 Å². The van der Waals surface area contributed by atoms with E-state index in [1.54, 1.807) is 18.2 Å². The molecule has 1 aliphatic heterocycles. The molecule has 0 aromatic heterocycles. The number of halogens is 2. The summed E-state index contributed by atoms with van der Waals surface area (Å²) in [6.07, 6.45) is 2.27. The molecule has 0 radical (unpaired) electrons. The highest BCUT2D eigenvalue weighted by molar-refractivity contribution is 6.42. The van der Waals surface area contributed by atoms with Gasteiger partial charge in [-0.05, 0) is 37.6 Å². The molecule has 98 valence electrons. The van der Waals surface area contributed by atoms with Gasteiger partial charge < -0.3 is 16.0 Å². The highest BCUT2D eigenvalue weighted by Gasteiger charge is 2.14. The summed E-state index contributed by atoms with van der Waals surface area (Å²) in [5.41, 5.74) is 0.626. The molecule has 0 bridgehead atoms. The minimum Gasteiger partial charge on any atom is -0.336 e. The van der Waals surface area contributed by atoms with Crippen LogP contribution in [0.2, 0.25) is 10.0 Å². The lowest BCUT2D eigenvalue weighted by atomic mass is 10.2. The monoisotopic (exact) mass is 287 g/mol. The average molecular weight is 288 g/mol. The number of nitrogens with one attached hydrogen (secondary N) is 3. The zero-order chi connectivity index (χ0) is 13.0. The predicted molar refractivity (Wildman–Crippen MR) is 74.5 cm³/mol. The van der Waals surface area contributed by atoms with Crippen LogP contribution in [0.4, 0.5) is 10.5 Å². The highest BCUT2D eigenvalue weighted by Crippen LogP contribution is 2.24. The first kappa shape index (κ1) is 13.5. The highest BCUT2D eigenvalue weighted by atomic mass is 35.5. The first-order valence-electron chi connectivity index (χ1n) is 5.88. The van der Waals surface area contributed by atoms with Gasteiger partial charge in [0.1, 0.15) is 0 Å². The zero-order valence-electron chi connectivity index (χ0n) is 9.80. The molecule has 1 fully saturated rings. The number of hydrogen-bond acceptors (Lipinski definition) is 2. The van der Waals surface area contributed by atoms with Crippen molar-refractivity contribution in [2.24, 2.45) is 0 Å². The maximum absolute atomic E-state index is 11.6. The molecule has 1 aromatic rings. The van der Waals surface area contributed by atoms with Crippen LogP contribution in [0.1, 0.15) is 12.8 Å². The van der Waals surface area contributed by atoms with Crippen molar-refractivity contribution >= 4 is 34.9 Å². The lowest BCUT2D eigenvalue weighted by molar-refractivity contribution is 0.251. The second kappa shape index (κ2) is 6.27. The van der Waals surface area contributed by atoms with E-state index in [4.69, 9.17) is 23.2 Å². The zero-order valence-corrected chi connectivity index (χ0v) is 11.3. The van der Waals surface area contributed by atoms with Gasteiger partial charge in [0, 0.05) is 18.3 Å². The summed E-state index contributed by atoms with van der Waals surface area (Å²) in [4.78, 5) is 11.6. The van der Waals surface area contributed by atoms with Gasteiger partial charge in [0.05, 0.1) is 10.0 Å². The number of anilines is 1. The Kier molecular flexibility index (Phi) is 4.69. The van der Waals surface area contributed by atoms with E-state index in [0.717, 1.165) is 13.0 Å². The first-order chi connectivity index (χ1) is 8.65. The number of benzene rings is 1.